The summed E-state index contributed by atoms with van der Waals surface area (Å²) in [7, 11) is 4.48. The lowest BCUT2D eigenvalue weighted by Crippen LogP contribution is -2.41. The fourth-order valence-electron chi connectivity index (χ4n) is 2.65. The molecule has 0 heterocycles. The van der Waals surface area contributed by atoms with Gasteiger partial charge in [0.05, 0.1) is 40.3 Å². The standard InChI is InChI=1S/C22H28FNO6/c1-26-18-8-4-16(5-9-18)13-29-15-21(25)22(20(23)12-24-28-3)30-14-17-6-10-19(27-2)11-7-17/h4-12,20-22,25H,13-15H2,1-3H3/t20-,21+,22-/m0/s1. The van der Waals surface area contributed by atoms with E-state index in [2.05, 4.69) is 9.99 Å². The van der Waals surface area contributed by atoms with E-state index in [1.807, 2.05) is 24.3 Å². The summed E-state index contributed by atoms with van der Waals surface area (Å²) in [5.74, 6) is 1.45. The lowest BCUT2D eigenvalue weighted by atomic mass is 10.1. The van der Waals surface area contributed by atoms with Crippen LogP contribution in [0.4, 0.5) is 4.39 Å². The van der Waals surface area contributed by atoms with E-state index in [9.17, 15) is 9.50 Å². The van der Waals surface area contributed by atoms with Crippen LogP contribution in [0.2, 0.25) is 0 Å². The van der Waals surface area contributed by atoms with Crippen molar-refractivity contribution in [1.82, 2.24) is 0 Å². The molecule has 0 bridgehead atoms. The predicted octanol–water partition coefficient (Wildman–Crippen LogP) is 3.14. The van der Waals surface area contributed by atoms with E-state index in [4.69, 9.17) is 18.9 Å². The monoisotopic (exact) mass is 421 g/mol. The number of hydrogen-bond acceptors (Lipinski definition) is 7. The van der Waals surface area contributed by atoms with Gasteiger partial charge in [0.2, 0.25) is 0 Å². The van der Waals surface area contributed by atoms with Crippen LogP contribution in [0.5, 0.6) is 11.5 Å². The molecule has 2 aromatic rings. The van der Waals surface area contributed by atoms with Crippen molar-refractivity contribution in [3.8, 4) is 11.5 Å². The van der Waals surface area contributed by atoms with Gasteiger partial charge in [-0.05, 0) is 35.4 Å². The van der Waals surface area contributed by atoms with Gasteiger partial charge in [-0.15, -0.1) is 0 Å². The second-order valence-electron chi connectivity index (χ2n) is 6.44. The van der Waals surface area contributed by atoms with Crippen LogP contribution in [-0.4, -0.2) is 57.6 Å². The Morgan fingerprint density at radius 1 is 0.900 bits per heavy atom. The van der Waals surface area contributed by atoms with E-state index in [0.29, 0.717) is 5.75 Å². The van der Waals surface area contributed by atoms with Crippen molar-refractivity contribution < 1.29 is 33.3 Å². The maximum absolute atomic E-state index is 14.6. The second-order valence-corrected chi connectivity index (χ2v) is 6.44. The molecule has 8 heteroatoms. The molecule has 0 aromatic heterocycles. The Morgan fingerprint density at radius 2 is 1.43 bits per heavy atom. The number of ether oxygens (including phenoxy) is 4. The number of halogens is 1. The van der Waals surface area contributed by atoms with Crippen LogP contribution in [0.15, 0.2) is 53.7 Å². The fraction of sp³-hybridized carbons (Fsp3) is 0.409. The molecule has 0 spiro atoms. The molecular weight excluding hydrogens is 393 g/mol. The first-order valence-corrected chi connectivity index (χ1v) is 9.41. The molecule has 2 aromatic carbocycles. The smallest absolute Gasteiger partial charge is 0.167 e. The number of nitrogens with zero attached hydrogens (tertiary/aromatic N) is 1. The first-order chi connectivity index (χ1) is 14.6. The van der Waals surface area contributed by atoms with Crippen molar-refractivity contribution in [2.24, 2.45) is 5.16 Å². The zero-order chi connectivity index (χ0) is 21.8. The highest BCUT2D eigenvalue weighted by Gasteiger charge is 2.29. The van der Waals surface area contributed by atoms with Gasteiger partial charge >= 0.3 is 0 Å². The lowest BCUT2D eigenvalue weighted by molar-refractivity contribution is -0.0974. The summed E-state index contributed by atoms with van der Waals surface area (Å²) in [5.41, 5.74) is 1.71. The number of oxime groups is 1. The second kappa shape index (κ2) is 12.8. The van der Waals surface area contributed by atoms with Crippen molar-refractivity contribution >= 4 is 6.21 Å². The molecule has 164 valence electrons. The van der Waals surface area contributed by atoms with E-state index < -0.39 is 18.4 Å². The Labute approximate surface area is 176 Å². The van der Waals surface area contributed by atoms with Crippen LogP contribution >= 0.6 is 0 Å². The topological polar surface area (TPSA) is 78.7 Å². The van der Waals surface area contributed by atoms with Gasteiger partial charge in [0.25, 0.3) is 0 Å². The van der Waals surface area contributed by atoms with E-state index in [1.165, 1.54) is 7.11 Å². The van der Waals surface area contributed by atoms with Crippen LogP contribution in [0, 0.1) is 0 Å². The third-order valence-electron chi connectivity index (χ3n) is 4.32. The molecule has 0 radical (unpaired) electrons. The van der Waals surface area contributed by atoms with Crippen LogP contribution in [-0.2, 0) is 27.5 Å². The zero-order valence-corrected chi connectivity index (χ0v) is 17.4. The summed E-state index contributed by atoms with van der Waals surface area (Å²) in [6, 6.07) is 14.5. The average molecular weight is 421 g/mol. The minimum absolute atomic E-state index is 0.103. The Hall–Kier alpha value is -2.68. The fourth-order valence-corrected chi connectivity index (χ4v) is 2.65. The summed E-state index contributed by atoms with van der Waals surface area (Å²) in [5, 5.41) is 13.9. The van der Waals surface area contributed by atoms with Crippen molar-refractivity contribution in [3.05, 3.63) is 59.7 Å². The van der Waals surface area contributed by atoms with Crippen LogP contribution < -0.4 is 9.47 Å². The summed E-state index contributed by atoms with van der Waals surface area (Å²) < 4.78 is 36.0. The largest absolute Gasteiger partial charge is 0.497 e. The normalized spacial score (nSPS) is 14.3. The molecule has 0 aliphatic heterocycles. The number of alkyl halides is 1. The summed E-state index contributed by atoms with van der Waals surface area (Å²) in [4.78, 5) is 4.53. The van der Waals surface area contributed by atoms with Crippen molar-refractivity contribution in [1.29, 1.82) is 0 Å². The van der Waals surface area contributed by atoms with Crippen molar-refractivity contribution in [3.63, 3.8) is 0 Å². The number of methoxy groups -OCH3 is 2. The minimum Gasteiger partial charge on any atom is -0.497 e. The first kappa shape index (κ1) is 23.6. The molecule has 3 atom stereocenters. The van der Waals surface area contributed by atoms with Crippen LogP contribution in [0.25, 0.3) is 0 Å². The van der Waals surface area contributed by atoms with Gasteiger partial charge in [-0.25, -0.2) is 4.39 Å². The van der Waals surface area contributed by atoms with Gasteiger partial charge < -0.3 is 28.9 Å². The van der Waals surface area contributed by atoms with Crippen molar-refractivity contribution in [2.75, 3.05) is 27.9 Å². The highest BCUT2D eigenvalue weighted by Crippen LogP contribution is 2.17. The molecule has 1 N–H and O–H groups in total. The highest BCUT2D eigenvalue weighted by atomic mass is 19.1. The van der Waals surface area contributed by atoms with Crippen LogP contribution in [0.3, 0.4) is 0 Å². The number of rotatable bonds is 13. The maximum atomic E-state index is 14.6. The number of aliphatic hydroxyl groups is 1. The average Bonchev–Trinajstić information content (AvgIpc) is 2.78. The molecule has 2 rings (SSSR count). The zero-order valence-electron chi connectivity index (χ0n) is 17.4. The number of benzene rings is 2. The molecule has 7 nitrogen and oxygen atoms in total. The lowest BCUT2D eigenvalue weighted by Gasteiger charge is -2.24. The number of aliphatic hydroxyl groups excluding tert-OH is 1. The molecule has 0 aliphatic rings. The molecule has 0 aliphatic carbocycles. The molecule has 0 unspecified atom stereocenters. The van der Waals surface area contributed by atoms with Gasteiger partial charge in [0.15, 0.2) is 6.17 Å². The molecular formula is C22H28FNO6. The molecule has 0 fully saturated rings. The predicted molar refractivity (Wildman–Crippen MR) is 111 cm³/mol. The van der Waals surface area contributed by atoms with Crippen LogP contribution in [0.1, 0.15) is 11.1 Å². The van der Waals surface area contributed by atoms with E-state index in [-0.39, 0.29) is 19.8 Å². The van der Waals surface area contributed by atoms with Gasteiger partial charge in [-0.2, -0.15) is 0 Å². The summed E-state index contributed by atoms with van der Waals surface area (Å²) in [6.45, 7) is 0.251. The Bertz CT molecular complexity index is 753. The number of hydrogen-bond donors (Lipinski definition) is 1. The van der Waals surface area contributed by atoms with Crippen molar-refractivity contribution in [2.45, 2.75) is 31.6 Å². The molecule has 0 saturated heterocycles. The highest BCUT2D eigenvalue weighted by molar-refractivity contribution is 5.63. The summed E-state index contributed by atoms with van der Waals surface area (Å²) in [6.07, 6.45) is -3.12. The van der Waals surface area contributed by atoms with Gasteiger partial charge in [-0.1, -0.05) is 29.4 Å². The molecule has 0 amide bonds. The van der Waals surface area contributed by atoms with E-state index in [0.717, 1.165) is 23.1 Å². The first-order valence-electron chi connectivity index (χ1n) is 9.41. The van der Waals surface area contributed by atoms with E-state index in [1.54, 1.807) is 38.5 Å². The van der Waals surface area contributed by atoms with Gasteiger partial charge in [-0.3, -0.25) is 0 Å². The third-order valence-corrected chi connectivity index (χ3v) is 4.32. The van der Waals surface area contributed by atoms with Gasteiger partial charge in [0.1, 0.15) is 30.8 Å². The SMILES string of the molecule is CON=C[C@H](F)[C@H](OCc1ccc(OC)cc1)[C@H](O)COCc1ccc(OC)cc1. The van der Waals surface area contributed by atoms with Gasteiger partial charge in [0, 0.05) is 0 Å². The third kappa shape index (κ3) is 7.62. The molecule has 30 heavy (non-hydrogen) atoms. The minimum atomic E-state index is -1.68. The molecule has 0 saturated carbocycles. The maximum Gasteiger partial charge on any atom is 0.167 e. The Morgan fingerprint density at radius 3 is 1.93 bits per heavy atom. The Balaban J connectivity index is 1.92. The quantitative estimate of drug-likeness (QED) is 0.395. The Kier molecular flexibility index (Phi) is 10.1. The summed E-state index contributed by atoms with van der Waals surface area (Å²) >= 11 is 0. The van der Waals surface area contributed by atoms with E-state index >= 15 is 0 Å².